The number of fused-ring (bicyclic) bond motifs is 8. The number of allylic oxidation sites excluding steroid dienone is 1. The number of nitrogens with zero attached hydrogens (tertiary/aromatic N) is 3. The van der Waals surface area contributed by atoms with Crippen LogP contribution in [-0.2, 0) is 6.42 Å². The first-order valence-electron chi connectivity index (χ1n) is 20.4. The maximum Gasteiger partial charge on any atom is 0.162 e. The second kappa shape index (κ2) is 13.9. The van der Waals surface area contributed by atoms with Crippen molar-refractivity contribution in [3.8, 4) is 67.4 Å². The van der Waals surface area contributed by atoms with Crippen molar-refractivity contribution in [2.75, 3.05) is 0 Å². The van der Waals surface area contributed by atoms with E-state index in [1.165, 1.54) is 22.1 Å². The minimum absolute atomic E-state index is 0.663. The first-order valence-corrected chi connectivity index (χ1v) is 20.4. The van der Waals surface area contributed by atoms with Gasteiger partial charge in [0.25, 0.3) is 0 Å². The van der Waals surface area contributed by atoms with Crippen molar-refractivity contribution >= 4 is 49.9 Å². The highest BCUT2D eigenvalue weighted by Gasteiger charge is 2.22. The topological polar surface area (TPSA) is 65.0 Å². The van der Waals surface area contributed by atoms with E-state index in [-0.39, 0.29) is 0 Å². The van der Waals surface area contributed by atoms with E-state index in [0.29, 0.717) is 5.82 Å². The average Bonchev–Trinajstić information content (AvgIpc) is 3.91. The molecule has 1 aliphatic carbocycles. The Labute approximate surface area is 346 Å². The first kappa shape index (κ1) is 34.2. The number of para-hydroxylation sites is 1. The van der Waals surface area contributed by atoms with Crippen LogP contribution in [0.3, 0.4) is 0 Å². The van der Waals surface area contributed by atoms with Gasteiger partial charge in [0.05, 0.1) is 16.9 Å². The molecule has 7 aromatic carbocycles. The molecular weight excluding hydrogens is 735 g/mol. The predicted molar refractivity (Wildman–Crippen MR) is 244 cm³/mol. The van der Waals surface area contributed by atoms with E-state index in [2.05, 4.69) is 140 Å². The van der Waals surface area contributed by atoms with Crippen LogP contribution in [0.4, 0.5) is 0 Å². The van der Waals surface area contributed by atoms with Crippen molar-refractivity contribution in [1.82, 2.24) is 15.0 Å². The van der Waals surface area contributed by atoms with Gasteiger partial charge in [-0.15, -0.1) is 0 Å². The van der Waals surface area contributed by atoms with Gasteiger partial charge >= 0.3 is 0 Å². The molecule has 5 heteroatoms. The highest BCUT2D eigenvalue weighted by atomic mass is 16.3. The summed E-state index contributed by atoms with van der Waals surface area (Å²) < 4.78 is 13.0. The number of aryl methyl sites for hydroxylation is 1. The highest BCUT2D eigenvalue weighted by molar-refractivity contribution is 6.24. The molecule has 5 nitrogen and oxygen atoms in total. The summed E-state index contributed by atoms with van der Waals surface area (Å²) in [6, 6.07) is 61.0. The van der Waals surface area contributed by atoms with Gasteiger partial charge < -0.3 is 8.83 Å². The Morgan fingerprint density at radius 3 is 1.75 bits per heavy atom. The van der Waals surface area contributed by atoms with E-state index in [1.807, 2.05) is 48.5 Å². The van der Waals surface area contributed by atoms with Gasteiger partial charge in [-0.1, -0.05) is 158 Å². The lowest BCUT2D eigenvalue weighted by Crippen LogP contribution is -1.96. The second-order valence-corrected chi connectivity index (χ2v) is 15.4. The first-order chi connectivity index (χ1) is 29.7. The van der Waals surface area contributed by atoms with Crippen LogP contribution in [0.5, 0.6) is 0 Å². The van der Waals surface area contributed by atoms with Crippen LogP contribution < -0.4 is 0 Å². The van der Waals surface area contributed by atoms with E-state index in [0.717, 1.165) is 107 Å². The van der Waals surface area contributed by atoms with Gasteiger partial charge in [-0.25, -0.2) is 15.0 Å². The lowest BCUT2D eigenvalue weighted by atomic mass is 9.92. The largest absolute Gasteiger partial charge is 0.456 e. The van der Waals surface area contributed by atoms with Crippen molar-refractivity contribution in [2.45, 2.75) is 12.8 Å². The van der Waals surface area contributed by atoms with Crippen molar-refractivity contribution in [1.29, 1.82) is 0 Å². The Bertz CT molecular complexity index is 3400. The zero-order valence-corrected chi connectivity index (χ0v) is 32.5. The molecule has 60 heavy (non-hydrogen) atoms. The Hall–Kier alpha value is -7.89. The second-order valence-electron chi connectivity index (χ2n) is 15.4. The molecule has 0 saturated carbocycles. The molecule has 1 aliphatic rings. The molecule has 0 spiro atoms. The molecule has 0 saturated heterocycles. The summed E-state index contributed by atoms with van der Waals surface area (Å²) in [5, 5.41) is 4.41. The number of benzene rings is 7. The molecule has 4 heterocycles. The fourth-order valence-corrected chi connectivity index (χ4v) is 8.93. The van der Waals surface area contributed by atoms with Crippen LogP contribution in [0.15, 0.2) is 191 Å². The molecule has 0 N–H and O–H groups in total. The van der Waals surface area contributed by atoms with Crippen molar-refractivity contribution in [3.05, 3.63) is 193 Å². The third kappa shape index (κ3) is 5.66. The van der Waals surface area contributed by atoms with Crippen LogP contribution in [-0.4, -0.2) is 15.0 Å². The number of hydrogen-bond acceptors (Lipinski definition) is 5. The summed E-state index contributed by atoms with van der Waals surface area (Å²) in [6.07, 6.45) is 6.33. The van der Waals surface area contributed by atoms with Crippen molar-refractivity contribution in [3.63, 3.8) is 0 Å². The fourth-order valence-electron chi connectivity index (χ4n) is 8.93. The molecule has 0 bridgehead atoms. The van der Waals surface area contributed by atoms with Gasteiger partial charge in [-0.2, -0.15) is 0 Å². The third-order valence-corrected chi connectivity index (χ3v) is 11.8. The molecule has 0 radical (unpaired) electrons. The summed E-state index contributed by atoms with van der Waals surface area (Å²) in [4.78, 5) is 15.5. The Morgan fingerprint density at radius 2 is 1.03 bits per heavy atom. The minimum Gasteiger partial charge on any atom is -0.456 e. The fraction of sp³-hybridized carbons (Fsp3) is 0.0364. The minimum atomic E-state index is 0.663. The van der Waals surface area contributed by atoms with Crippen LogP contribution >= 0.6 is 0 Å². The summed E-state index contributed by atoms with van der Waals surface area (Å²) in [7, 11) is 0. The van der Waals surface area contributed by atoms with Crippen LogP contribution in [0.2, 0.25) is 0 Å². The molecule has 0 fully saturated rings. The lowest BCUT2D eigenvalue weighted by molar-refractivity contribution is 0.595. The Balaban J connectivity index is 0.971. The monoisotopic (exact) mass is 769 g/mol. The van der Waals surface area contributed by atoms with Crippen LogP contribution in [0.1, 0.15) is 17.7 Å². The number of rotatable bonds is 6. The highest BCUT2D eigenvalue weighted by Crippen LogP contribution is 2.44. The summed E-state index contributed by atoms with van der Waals surface area (Å²) in [6.45, 7) is 0. The van der Waals surface area contributed by atoms with Gasteiger partial charge in [0.15, 0.2) is 11.4 Å². The summed E-state index contributed by atoms with van der Waals surface area (Å²) >= 11 is 0. The molecule has 282 valence electrons. The van der Waals surface area contributed by atoms with Gasteiger partial charge in [0.2, 0.25) is 0 Å². The van der Waals surface area contributed by atoms with E-state index in [9.17, 15) is 0 Å². The Morgan fingerprint density at radius 1 is 0.433 bits per heavy atom. The molecule has 0 unspecified atom stereocenters. The molecule has 11 aromatic rings. The van der Waals surface area contributed by atoms with Crippen molar-refractivity contribution in [2.24, 2.45) is 0 Å². The number of hydrogen-bond donors (Lipinski definition) is 0. The zero-order valence-electron chi connectivity index (χ0n) is 32.5. The zero-order chi connectivity index (χ0) is 39.6. The predicted octanol–water partition coefficient (Wildman–Crippen LogP) is 14.6. The number of furan rings is 2. The smallest absolute Gasteiger partial charge is 0.162 e. The molecule has 0 amide bonds. The molecular formula is C55H35N3O2. The van der Waals surface area contributed by atoms with Gasteiger partial charge in [-0.3, -0.25) is 0 Å². The molecule has 0 atom stereocenters. The van der Waals surface area contributed by atoms with E-state index in [1.54, 1.807) is 0 Å². The maximum atomic E-state index is 6.74. The lowest BCUT2D eigenvalue weighted by Gasteiger charge is -2.13. The molecule has 12 rings (SSSR count). The standard InChI is InChI=1S/C55H35N3O2/c1-3-13-36(14-4-1)45-33-46(37-15-5-2-6-16-37)58-55(57-45)39-31-29-38(30-32-39)53-54-52(43-18-8-10-23-48(43)60-54)51-41(19-11-21-44(51)56-53)35-27-25-34(26-28-35)40-20-12-24-49-50(40)42-17-7-9-22-47(42)59-49/h1-6,8-16,18-33H,7,17H2. The van der Waals surface area contributed by atoms with Crippen LogP contribution in [0, 0.1) is 0 Å². The average molecular weight is 770 g/mol. The van der Waals surface area contributed by atoms with Crippen molar-refractivity contribution < 1.29 is 8.83 Å². The van der Waals surface area contributed by atoms with E-state index < -0.39 is 0 Å². The molecule has 0 aliphatic heterocycles. The number of pyridine rings is 1. The summed E-state index contributed by atoms with van der Waals surface area (Å²) in [5.41, 5.74) is 15.8. The van der Waals surface area contributed by atoms with E-state index in [4.69, 9.17) is 23.8 Å². The SMILES string of the molecule is C1=Cc2oc3cccc(-c4ccc(-c5cccc6nc(-c7ccc(-c8nc(-c9ccccc9)cc(-c9ccccc9)n8)cc7)c7oc8ccccc8c7c56)cc4)c3c2CC1. The molecule has 4 aromatic heterocycles. The summed E-state index contributed by atoms with van der Waals surface area (Å²) in [5.74, 6) is 1.64. The number of aromatic nitrogens is 3. The van der Waals surface area contributed by atoms with Crippen LogP contribution in [0.25, 0.3) is 117 Å². The maximum absolute atomic E-state index is 6.74. The Kier molecular flexibility index (Phi) is 7.91. The normalized spacial score (nSPS) is 12.5. The van der Waals surface area contributed by atoms with Gasteiger partial charge in [0, 0.05) is 49.4 Å². The quantitative estimate of drug-likeness (QED) is 0.168. The van der Waals surface area contributed by atoms with Gasteiger partial charge in [0.1, 0.15) is 22.6 Å². The van der Waals surface area contributed by atoms with Gasteiger partial charge in [-0.05, 0) is 65.4 Å². The van der Waals surface area contributed by atoms with E-state index >= 15 is 0 Å². The third-order valence-electron chi connectivity index (χ3n) is 11.8.